The highest BCUT2D eigenvalue weighted by atomic mass is 16.3. The van der Waals surface area contributed by atoms with Crippen molar-refractivity contribution in [1.82, 2.24) is 0 Å². The highest BCUT2D eigenvalue weighted by Gasteiger charge is 2.23. The molecule has 1 aliphatic heterocycles. The van der Waals surface area contributed by atoms with Crippen LogP contribution in [0.1, 0.15) is 25.3 Å². The number of nitrogens with zero attached hydrogens (tertiary/aromatic N) is 1. The number of aliphatic hydroxyl groups is 1. The summed E-state index contributed by atoms with van der Waals surface area (Å²) in [5, 5.41) is 9.30. The summed E-state index contributed by atoms with van der Waals surface area (Å²) in [5.74, 6) is 0.128. The number of nitrogen functional groups attached to an aromatic ring is 1. The van der Waals surface area contributed by atoms with E-state index in [4.69, 9.17) is 5.73 Å². The van der Waals surface area contributed by atoms with Crippen LogP contribution in [-0.2, 0) is 11.2 Å². The minimum atomic E-state index is -0.387. The second kappa shape index (κ2) is 4.75. The van der Waals surface area contributed by atoms with E-state index in [0.717, 1.165) is 23.4 Å². The average Bonchev–Trinajstić information content (AvgIpc) is 2.27. The molecule has 92 valence electrons. The molecule has 1 unspecified atom stereocenters. The Labute approximate surface area is 101 Å². The van der Waals surface area contributed by atoms with Crippen molar-refractivity contribution >= 4 is 17.3 Å². The first-order valence-electron chi connectivity index (χ1n) is 5.95. The van der Waals surface area contributed by atoms with Crippen LogP contribution in [0.25, 0.3) is 0 Å². The summed E-state index contributed by atoms with van der Waals surface area (Å²) < 4.78 is 0. The molecule has 1 amide bonds. The highest BCUT2D eigenvalue weighted by Crippen LogP contribution is 2.29. The fourth-order valence-electron chi connectivity index (χ4n) is 2.14. The van der Waals surface area contributed by atoms with Crippen LogP contribution >= 0.6 is 0 Å². The van der Waals surface area contributed by atoms with Crippen LogP contribution < -0.4 is 10.6 Å². The number of benzene rings is 1. The first-order valence-corrected chi connectivity index (χ1v) is 5.95. The second-order valence-electron chi connectivity index (χ2n) is 4.57. The Balaban J connectivity index is 2.24. The van der Waals surface area contributed by atoms with Crippen molar-refractivity contribution in [2.24, 2.45) is 0 Å². The summed E-state index contributed by atoms with van der Waals surface area (Å²) in [7, 11) is 0. The molecule has 2 rings (SSSR count). The van der Waals surface area contributed by atoms with Crippen LogP contribution in [0.2, 0.25) is 0 Å². The maximum absolute atomic E-state index is 11.9. The molecule has 1 atom stereocenters. The standard InChI is InChI=1S/C13H18N2O2/c1-9(16)6-7-15-12-4-3-11(14)8-10(12)2-5-13(15)17/h3-4,8-9,16H,2,5-7,14H2,1H3. The van der Waals surface area contributed by atoms with Gasteiger partial charge in [-0.3, -0.25) is 4.79 Å². The second-order valence-corrected chi connectivity index (χ2v) is 4.57. The van der Waals surface area contributed by atoms with Gasteiger partial charge in [-0.05, 0) is 43.5 Å². The molecule has 1 heterocycles. The summed E-state index contributed by atoms with van der Waals surface area (Å²) in [6, 6.07) is 5.63. The Bertz CT molecular complexity index is 429. The maximum atomic E-state index is 11.9. The van der Waals surface area contributed by atoms with Crippen molar-refractivity contribution in [3.63, 3.8) is 0 Å². The maximum Gasteiger partial charge on any atom is 0.227 e. The molecule has 1 aliphatic rings. The molecule has 0 aromatic heterocycles. The number of hydrogen-bond acceptors (Lipinski definition) is 3. The topological polar surface area (TPSA) is 66.6 Å². The van der Waals surface area contributed by atoms with Gasteiger partial charge in [-0.15, -0.1) is 0 Å². The van der Waals surface area contributed by atoms with E-state index < -0.39 is 0 Å². The Morgan fingerprint density at radius 1 is 1.47 bits per heavy atom. The van der Waals surface area contributed by atoms with Crippen molar-refractivity contribution in [2.75, 3.05) is 17.2 Å². The van der Waals surface area contributed by atoms with Gasteiger partial charge in [-0.1, -0.05) is 0 Å². The number of aliphatic hydroxyl groups excluding tert-OH is 1. The molecule has 17 heavy (non-hydrogen) atoms. The van der Waals surface area contributed by atoms with Crippen LogP contribution in [0.5, 0.6) is 0 Å². The quantitative estimate of drug-likeness (QED) is 0.775. The molecule has 0 spiro atoms. The Morgan fingerprint density at radius 3 is 2.94 bits per heavy atom. The van der Waals surface area contributed by atoms with E-state index in [1.54, 1.807) is 11.8 Å². The number of amides is 1. The van der Waals surface area contributed by atoms with Crippen molar-refractivity contribution in [3.8, 4) is 0 Å². The van der Waals surface area contributed by atoms with E-state index in [0.29, 0.717) is 19.4 Å². The molecule has 1 aromatic carbocycles. The third-order valence-corrected chi connectivity index (χ3v) is 3.07. The number of hydrogen-bond donors (Lipinski definition) is 2. The van der Waals surface area contributed by atoms with Gasteiger partial charge in [0.2, 0.25) is 5.91 Å². The number of rotatable bonds is 3. The lowest BCUT2D eigenvalue weighted by atomic mass is 10.00. The molecule has 0 saturated carbocycles. The van der Waals surface area contributed by atoms with Crippen LogP contribution in [-0.4, -0.2) is 23.7 Å². The Hall–Kier alpha value is -1.55. The largest absolute Gasteiger partial charge is 0.399 e. The number of carbonyl (C=O) groups is 1. The van der Waals surface area contributed by atoms with Gasteiger partial charge in [0.05, 0.1) is 6.10 Å². The zero-order chi connectivity index (χ0) is 12.4. The van der Waals surface area contributed by atoms with Gasteiger partial charge in [-0.2, -0.15) is 0 Å². The minimum Gasteiger partial charge on any atom is -0.399 e. The number of fused-ring (bicyclic) bond motifs is 1. The van der Waals surface area contributed by atoms with Crippen LogP contribution in [0.15, 0.2) is 18.2 Å². The van der Waals surface area contributed by atoms with Crippen molar-refractivity contribution in [1.29, 1.82) is 0 Å². The molecule has 0 radical (unpaired) electrons. The zero-order valence-electron chi connectivity index (χ0n) is 10.0. The lowest BCUT2D eigenvalue weighted by molar-refractivity contribution is -0.118. The van der Waals surface area contributed by atoms with Crippen molar-refractivity contribution < 1.29 is 9.90 Å². The lowest BCUT2D eigenvalue weighted by Crippen LogP contribution is -2.36. The monoisotopic (exact) mass is 234 g/mol. The number of nitrogens with two attached hydrogens (primary N) is 1. The first kappa shape index (κ1) is 11.9. The van der Waals surface area contributed by atoms with Gasteiger partial charge in [0, 0.05) is 24.3 Å². The fraction of sp³-hybridized carbons (Fsp3) is 0.462. The third-order valence-electron chi connectivity index (χ3n) is 3.07. The molecule has 1 aromatic rings. The van der Waals surface area contributed by atoms with E-state index in [-0.39, 0.29) is 12.0 Å². The summed E-state index contributed by atoms with van der Waals surface area (Å²) in [5.41, 5.74) is 8.53. The SMILES string of the molecule is CC(O)CCN1C(=O)CCc2cc(N)ccc21. The van der Waals surface area contributed by atoms with Crippen LogP contribution in [0, 0.1) is 0 Å². The number of anilines is 2. The smallest absolute Gasteiger partial charge is 0.227 e. The third kappa shape index (κ3) is 2.58. The van der Waals surface area contributed by atoms with Gasteiger partial charge < -0.3 is 15.7 Å². The summed E-state index contributed by atoms with van der Waals surface area (Å²) in [6.07, 6.45) is 1.48. The summed E-state index contributed by atoms with van der Waals surface area (Å²) in [4.78, 5) is 13.6. The van der Waals surface area contributed by atoms with E-state index in [1.165, 1.54) is 0 Å². The molecule has 0 saturated heterocycles. The van der Waals surface area contributed by atoms with Gasteiger partial charge in [0.15, 0.2) is 0 Å². The lowest BCUT2D eigenvalue weighted by Gasteiger charge is -2.30. The molecule has 4 nitrogen and oxygen atoms in total. The van der Waals surface area contributed by atoms with Gasteiger partial charge in [-0.25, -0.2) is 0 Å². The van der Waals surface area contributed by atoms with E-state index >= 15 is 0 Å². The van der Waals surface area contributed by atoms with Gasteiger partial charge in [0.25, 0.3) is 0 Å². The first-order chi connectivity index (χ1) is 8.08. The molecule has 0 aliphatic carbocycles. The van der Waals surface area contributed by atoms with Crippen molar-refractivity contribution in [2.45, 2.75) is 32.3 Å². The van der Waals surface area contributed by atoms with Crippen LogP contribution in [0.3, 0.4) is 0 Å². The average molecular weight is 234 g/mol. The van der Waals surface area contributed by atoms with Gasteiger partial charge >= 0.3 is 0 Å². The normalized spacial score (nSPS) is 16.8. The zero-order valence-corrected chi connectivity index (χ0v) is 10.0. The number of aryl methyl sites for hydroxylation is 1. The highest BCUT2D eigenvalue weighted by molar-refractivity contribution is 5.96. The van der Waals surface area contributed by atoms with Crippen LogP contribution in [0.4, 0.5) is 11.4 Å². The molecule has 4 heteroatoms. The molecule has 0 fully saturated rings. The Morgan fingerprint density at radius 2 is 2.24 bits per heavy atom. The van der Waals surface area contributed by atoms with E-state index in [2.05, 4.69) is 0 Å². The Kier molecular flexibility index (Phi) is 3.33. The summed E-state index contributed by atoms with van der Waals surface area (Å²) in [6.45, 7) is 2.30. The van der Waals surface area contributed by atoms with E-state index in [9.17, 15) is 9.90 Å². The minimum absolute atomic E-state index is 0.128. The predicted molar refractivity (Wildman–Crippen MR) is 67.8 cm³/mol. The fourth-order valence-corrected chi connectivity index (χ4v) is 2.14. The molecule has 0 bridgehead atoms. The molecular weight excluding hydrogens is 216 g/mol. The molecule has 3 N–H and O–H groups in total. The van der Waals surface area contributed by atoms with Crippen molar-refractivity contribution in [3.05, 3.63) is 23.8 Å². The predicted octanol–water partition coefficient (Wildman–Crippen LogP) is 1.32. The molecular formula is C13H18N2O2. The number of carbonyl (C=O) groups excluding carboxylic acids is 1. The van der Waals surface area contributed by atoms with E-state index in [1.807, 2.05) is 18.2 Å². The summed E-state index contributed by atoms with van der Waals surface area (Å²) >= 11 is 0. The van der Waals surface area contributed by atoms with Gasteiger partial charge in [0.1, 0.15) is 0 Å².